The van der Waals surface area contributed by atoms with Gasteiger partial charge >= 0.3 is 18.0 Å². The van der Waals surface area contributed by atoms with Gasteiger partial charge in [0.2, 0.25) is 0 Å². The van der Waals surface area contributed by atoms with Crippen LogP contribution in [-0.4, -0.2) is 65.1 Å². The number of aliphatic carboxylic acids is 2. The summed E-state index contributed by atoms with van der Waals surface area (Å²) in [4.78, 5) is 37.2. The second kappa shape index (κ2) is 14.7. The molecule has 0 radical (unpaired) electrons. The summed E-state index contributed by atoms with van der Waals surface area (Å²) >= 11 is 0. The smallest absolute Gasteiger partial charge is 0.407 e. The molecule has 0 fully saturated rings. The summed E-state index contributed by atoms with van der Waals surface area (Å²) in [7, 11) is 1.63. The van der Waals surface area contributed by atoms with E-state index in [9.17, 15) is 14.4 Å². The number of carboxylic acids is 2. The number of nitrogens with one attached hydrogen (secondary N) is 2. The van der Waals surface area contributed by atoms with Crippen molar-refractivity contribution in [2.24, 2.45) is 0 Å². The van der Waals surface area contributed by atoms with Crippen LogP contribution in [0.5, 0.6) is 0 Å². The topological polar surface area (TPSA) is 151 Å². The van der Waals surface area contributed by atoms with Crippen molar-refractivity contribution >= 4 is 18.0 Å². The normalized spacial score (nSPS) is 9.96. The van der Waals surface area contributed by atoms with E-state index in [0.717, 1.165) is 25.0 Å². The van der Waals surface area contributed by atoms with E-state index in [-0.39, 0.29) is 6.09 Å². The molecule has 0 bridgehead atoms. The number of aryl methyl sites for hydroxylation is 1. The molecule has 0 unspecified atom stereocenters. The molecule has 10 heteroatoms. The molecule has 0 aromatic carbocycles. The minimum Gasteiger partial charge on any atom is -0.478 e. The second-order valence-corrected chi connectivity index (χ2v) is 4.60. The molecule has 0 saturated heterocycles. The number of aromatic nitrogens is 2. The van der Waals surface area contributed by atoms with Crippen LogP contribution in [-0.2, 0) is 25.5 Å². The van der Waals surface area contributed by atoms with E-state index in [1.807, 2.05) is 0 Å². The number of alkyl carbamates (subject to hydrolysis) is 1. The third-order valence-corrected chi connectivity index (χ3v) is 2.54. The molecule has 4 N–H and O–H groups in total. The molecule has 0 saturated carbocycles. The molecule has 0 atom stereocenters. The molecule has 1 heterocycles. The highest BCUT2D eigenvalue weighted by Crippen LogP contribution is 1.97. The number of methoxy groups -OCH3 is 1. The summed E-state index contributed by atoms with van der Waals surface area (Å²) in [6, 6.07) is 0. The first-order valence-corrected chi connectivity index (χ1v) is 7.46. The van der Waals surface area contributed by atoms with Crippen LogP contribution >= 0.6 is 0 Å². The molecular weight excluding hydrogens is 334 g/mol. The Morgan fingerprint density at radius 2 is 1.88 bits per heavy atom. The fourth-order valence-corrected chi connectivity index (χ4v) is 1.45. The lowest BCUT2D eigenvalue weighted by Gasteiger charge is -2.06. The average molecular weight is 357 g/mol. The molecule has 0 aliphatic rings. The van der Waals surface area contributed by atoms with Crippen molar-refractivity contribution in [3.8, 4) is 0 Å². The van der Waals surface area contributed by atoms with Crippen LogP contribution in [0.25, 0.3) is 0 Å². The van der Waals surface area contributed by atoms with Crippen LogP contribution in [0.15, 0.2) is 24.7 Å². The summed E-state index contributed by atoms with van der Waals surface area (Å²) in [5.74, 6) is -2.51. The van der Waals surface area contributed by atoms with Crippen molar-refractivity contribution in [1.29, 1.82) is 0 Å². The number of H-pyrrole nitrogens is 1. The Hall–Kier alpha value is -2.88. The minimum absolute atomic E-state index is 0.370. The van der Waals surface area contributed by atoms with Gasteiger partial charge in [-0.15, -0.1) is 0 Å². The van der Waals surface area contributed by atoms with Gasteiger partial charge < -0.3 is 30.0 Å². The van der Waals surface area contributed by atoms with Gasteiger partial charge in [0.1, 0.15) is 0 Å². The first-order chi connectivity index (χ1) is 12.0. The number of hydrogen-bond donors (Lipinski definition) is 4. The van der Waals surface area contributed by atoms with E-state index in [4.69, 9.17) is 19.7 Å². The van der Waals surface area contributed by atoms with E-state index < -0.39 is 11.9 Å². The average Bonchev–Trinajstić information content (AvgIpc) is 3.08. The fraction of sp³-hybridized carbons (Fsp3) is 0.467. The number of hydrogen-bond acceptors (Lipinski definition) is 6. The minimum atomic E-state index is -1.26. The van der Waals surface area contributed by atoms with Crippen molar-refractivity contribution < 1.29 is 34.1 Å². The van der Waals surface area contributed by atoms with Crippen molar-refractivity contribution in [2.45, 2.75) is 19.3 Å². The van der Waals surface area contributed by atoms with Gasteiger partial charge in [0.15, 0.2) is 0 Å². The molecule has 0 aliphatic heterocycles. The molecule has 25 heavy (non-hydrogen) atoms. The molecule has 1 aromatic rings. The molecule has 0 aliphatic carbocycles. The van der Waals surface area contributed by atoms with Crippen LogP contribution < -0.4 is 5.32 Å². The van der Waals surface area contributed by atoms with Gasteiger partial charge in [0.25, 0.3) is 0 Å². The molecule has 1 aromatic heterocycles. The monoisotopic (exact) mass is 357 g/mol. The van der Waals surface area contributed by atoms with Gasteiger partial charge in [0.05, 0.1) is 12.9 Å². The van der Waals surface area contributed by atoms with Crippen molar-refractivity contribution in [2.75, 3.05) is 26.9 Å². The van der Waals surface area contributed by atoms with Crippen molar-refractivity contribution in [3.63, 3.8) is 0 Å². The van der Waals surface area contributed by atoms with E-state index in [0.29, 0.717) is 31.9 Å². The second-order valence-electron chi connectivity index (χ2n) is 4.60. The quantitative estimate of drug-likeness (QED) is 0.355. The van der Waals surface area contributed by atoms with E-state index in [1.165, 1.54) is 0 Å². The number of carbonyl (C=O) groups excluding carboxylic acids is 1. The van der Waals surface area contributed by atoms with Crippen LogP contribution in [0.2, 0.25) is 0 Å². The number of nitrogens with zero attached hydrogens (tertiary/aromatic N) is 1. The zero-order chi connectivity index (χ0) is 18.9. The Balaban J connectivity index is 0.000000609. The number of carboxylic acid groups (broad SMARTS) is 2. The molecule has 1 amide bonds. The highest BCUT2D eigenvalue weighted by molar-refractivity contribution is 5.89. The summed E-state index contributed by atoms with van der Waals surface area (Å²) in [5, 5.41) is 18.3. The number of aromatic amines is 1. The Morgan fingerprint density at radius 3 is 2.40 bits per heavy atom. The third kappa shape index (κ3) is 15.8. The highest BCUT2D eigenvalue weighted by atomic mass is 16.5. The van der Waals surface area contributed by atoms with Gasteiger partial charge in [-0.2, -0.15) is 0 Å². The lowest BCUT2D eigenvalue weighted by Crippen LogP contribution is -2.26. The predicted octanol–water partition coefficient (Wildman–Crippen LogP) is 0.817. The summed E-state index contributed by atoms with van der Waals surface area (Å²) in [5.41, 5.74) is 1.05. The van der Waals surface area contributed by atoms with Gasteiger partial charge in [-0.1, -0.05) is 0 Å². The largest absolute Gasteiger partial charge is 0.478 e. The number of rotatable bonds is 10. The predicted molar refractivity (Wildman–Crippen MR) is 87.2 cm³/mol. The van der Waals surface area contributed by atoms with Gasteiger partial charge in [-0.25, -0.2) is 19.4 Å². The number of imidazole rings is 1. The van der Waals surface area contributed by atoms with Crippen LogP contribution in [0.4, 0.5) is 4.79 Å². The number of amides is 1. The maximum absolute atomic E-state index is 11.2. The summed E-state index contributed by atoms with van der Waals surface area (Å²) in [6.07, 6.45) is 6.56. The molecule has 10 nitrogen and oxygen atoms in total. The SMILES string of the molecule is COCCCNC(=O)OCCCc1cnc[nH]1.O=C(O)/C=C/C(=O)O. The zero-order valence-corrected chi connectivity index (χ0v) is 13.9. The number of carbonyl (C=O) groups is 3. The third-order valence-electron chi connectivity index (χ3n) is 2.54. The number of ether oxygens (including phenoxy) is 2. The summed E-state index contributed by atoms with van der Waals surface area (Å²) in [6.45, 7) is 1.63. The molecular formula is C15H23N3O7. The molecule has 1 rings (SSSR count). The van der Waals surface area contributed by atoms with Crippen LogP contribution in [0, 0.1) is 0 Å². The zero-order valence-electron chi connectivity index (χ0n) is 13.9. The molecule has 0 spiro atoms. The van der Waals surface area contributed by atoms with Gasteiger partial charge in [-0.05, 0) is 19.3 Å². The van der Waals surface area contributed by atoms with Crippen molar-refractivity contribution in [3.05, 3.63) is 30.4 Å². The van der Waals surface area contributed by atoms with E-state index in [2.05, 4.69) is 15.3 Å². The first kappa shape index (κ1) is 22.1. The fourth-order valence-electron chi connectivity index (χ4n) is 1.45. The maximum atomic E-state index is 11.2. The lowest BCUT2D eigenvalue weighted by molar-refractivity contribution is -0.134. The highest BCUT2D eigenvalue weighted by Gasteiger charge is 2.01. The van der Waals surface area contributed by atoms with E-state index >= 15 is 0 Å². The van der Waals surface area contributed by atoms with E-state index in [1.54, 1.807) is 19.6 Å². The van der Waals surface area contributed by atoms with Crippen molar-refractivity contribution in [1.82, 2.24) is 15.3 Å². The van der Waals surface area contributed by atoms with Gasteiger partial charge in [0, 0.05) is 44.3 Å². The Labute approximate surface area is 144 Å². The standard InChI is InChI=1S/C11H19N3O3.C4H4O4/c1-16-6-3-5-13-11(15)17-7-2-4-10-8-12-9-14-10;5-3(6)1-2-4(7)8/h8-9H,2-7H2,1H3,(H,12,14)(H,13,15);1-2H,(H,5,6)(H,7,8)/b;2-1+. The molecule has 140 valence electrons. The van der Waals surface area contributed by atoms with Gasteiger partial charge in [-0.3, -0.25) is 0 Å². The lowest BCUT2D eigenvalue weighted by atomic mass is 10.3. The first-order valence-electron chi connectivity index (χ1n) is 7.46. The maximum Gasteiger partial charge on any atom is 0.407 e. The Bertz CT molecular complexity index is 513. The van der Waals surface area contributed by atoms with Crippen LogP contribution in [0.1, 0.15) is 18.5 Å². The Kier molecular flexibility index (Phi) is 13.0. The van der Waals surface area contributed by atoms with Crippen LogP contribution in [0.3, 0.4) is 0 Å². The Morgan fingerprint density at radius 1 is 1.20 bits per heavy atom. The summed E-state index contributed by atoms with van der Waals surface area (Å²) < 4.78 is 9.86.